The molecule has 1 N–H and O–H groups in total. The van der Waals surface area contributed by atoms with E-state index in [1.165, 1.54) is 25.7 Å². The first-order valence-corrected chi connectivity index (χ1v) is 10.7. The van der Waals surface area contributed by atoms with Crippen LogP contribution >= 0.6 is 11.6 Å². The third-order valence-electron chi connectivity index (χ3n) is 6.11. The van der Waals surface area contributed by atoms with Gasteiger partial charge >= 0.3 is 0 Å². The number of amides is 1. The molecule has 1 aromatic heterocycles. The lowest BCUT2D eigenvalue weighted by Gasteiger charge is -2.29. The minimum Gasteiger partial charge on any atom is -0.348 e. The van der Waals surface area contributed by atoms with Crippen LogP contribution < -0.4 is 5.32 Å². The highest BCUT2D eigenvalue weighted by Gasteiger charge is 2.28. The number of aromatic nitrogens is 2. The molecule has 1 fully saturated rings. The Morgan fingerprint density at radius 3 is 2.67 bits per heavy atom. The van der Waals surface area contributed by atoms with Crippen LogP contribution in [0.5, 0.6) is 0 Å². The fourth-order valence-corrected chi connectivity index (χ4v) is 4.61. The highest BCUT2D eigenvalue weighted by molar-refractivity contribution is 6.30. The van der Waals surface area contributed by atoms with Crippen molar-refractivity contribution in [1.82, 2.24) is 14.9 Å². The van der Waals surface area contributed by atoms with Gasteiger partial charge in [0.1, 0.15) is 11.5 Å². The van der Waals surface area contributed by atoms with Crippen LogP contribution in [0.25, 0.3) is 11.4 Å². The number of imidazole rings is 1. The smallest absolute Gasteiger partial charge is 0.272 e. The standard InChI is InChI=1S/C22H28ClN3O/c1-15-7-4-5-8-18(15)24-22(27)20-19-9-3-2-6-14-26(19)21(25-20)16-10-12-17(23)13-11-16/h10-13,15,18H,2-9,14H2,1H3,(H,24,27). The molecule has 0 radical (unpaired) electrons. The lowest BCUT2D eigenvalue weighted by Crippen LogP contribution is -2.41. The molecule has 27 heavy (non-hydrogen) atoms. The molecule has 1 amide bonds. The van der Waals surface area contributed by atoms with Crippen LogP contribution in [-0.4, -0.2) is 21.5 Å². The summed E-state index contributed by atoms with van der Waals surface area (Å²) in [4.78, 5) is 18.0. The number of rotatable bonds is 3. The molecule has 1 aliphatic heterocycles. The van der Waals surface area contributed by atoms with Crippen molar-refractivity contribution < 1.29 is 4.79 Å². The van der Waals surface area contributed by atoms with Gasteiger partial charge in [-0.15, -0.1) is 0 Å². The quantitative estimate of drug-likeness (QED) is 0.785. The second kappa shape index (κ2) is 8.05. The summed E-state index contributed by atoms with van der Waals surface area (Å²) in [5.74, 6) is 1.43. The van der Waals surface area contributed by atoms with Crippen LogP contribution in [0.1, 0.15) is 68.1 Å². The zero-order valence-corrected chi connectivity index (χ0v) is 16.8. The molecule has 0 saturated heterocycles. The van der Waals surface area contributed by atoms with E-state index in [2.05, 4.69) is 16.8 Å². The Labute approximate surface area is 166 Å². The number of hydrogen-bond acceptors (Lipinski definition) is 2. The van der Waals surface area contributed by atoms with Gasteiger partial charge in [0, 0.05) is 23.2 Å². The summed E-state index contributed by atoms with van der Waals surface area (Å²) < 4.78 is 2.26. The van der Waals surface area contributed by atoms with Gasteiger partial charge in [0.15, 0.2) is 0 Å². The number of benzene rings is 1. The molecule has 2 unspecified atom stereocenters. The van der Waals surface area contributed by atoms with Crippen LogP contribution in [0.15, 0.2) is 24.3 Å². The number of hydrogen-bond donors (Lipinski definition) is 1. The van der Waals surface area contributed by atoms with Gasteiger partial charge in [0.2, 0.25) is 0 Å². The van der Waals surface area contributed by atoms with Crippen molar-refractivity contribution in [2.24, 2.45) is 5.92 Å². The van der Waals surface area contributed by atoms with Crippen LogP contribution in [0.3, 0.4) is 0 Å². The number of halogens is 1. The van der Waals surface area contributed by atoms with Gasteiger partial charge < -0.3 is 9.88 Å². The van der Waals surface area contributed by atoms with Crippen molar-refractivity contribution in [1.29, 1.82) is 0 Å². The van der Waals surface area contributed by atoms with E-state index in [1.807, 2.05) is 24.3 Å². The molecule has 1 saturated carbocycles. The normalized spacial score (nSPS) is 22.7. The summed E-state index contributed by atoms with van der Waals surface area (Å²) in [6, 6.07) is 8.03. The van der Waals surface area contributed by atoms with Crippen molar-refractivity contribution in [3.8, 4) is 11.4 Å². The first kappa shape index (κ1) is 18.5. The van der Waals surface area contributed by atoms with Gasteiger partial charge in [-0.05, 0) is 62.3 Å². The van der Waals surface area contributed by atoms with Gasteiger partial charge in [-0.1, -0.05) is 37.8 Å². The molecule has 1 aromatic carbocycles. The molecule has 144 valence electrons. The van der Waals surface area contributed by atoms with E-state index in [4.69, 9.17) is 16.6 Å². The summed E-state index contributed by atoms with van der Waals surface area (Å²) in [7, 11) is 0. The predicted octanol–water partition coefficient (Wildman–Crippen LogP) is 5.24. The topological polar surface area (TPSA) is 46.9 Å². The van der Waals surface area contributed by atoms with E-state index in [0.29, 0.717) is 16.6 Å². The predicted molar refractivity (Wildman–Crippen MR) is 109 cm³/mol. The largest absolute Gasteiger partial charge is 0.348 e. The van der Waals surface area contributed by atoms with E-state index in [9.17, 15) is 4.79 Å². The van der Waals surface area contributed by atoms with Gasteiger partial charge in [-0.3, -0.25) is 4.79 Å². The Morgan fingerprint density at radius 1 is 1.11 bits per heavy atom. The Bertz CT molecular complexity index is 812. The van der Waals surface area contributed by atoms with Crippen molar-refractivity contribution in [3.63, 3.8) is 0 Å². The number of nitrogens with one attached hydrogen (secondary N) is 1. The second-order valence-corrected chi connectivity index (χ2v) is 8.48. The molecule has 4 nitrogen and oxygen atoms in total. The summed E-state index contributed by atoms with van der Waals surface area (Å²) in [6.45, 7) is 3.17. The average Bonchev–Trinajstić information content (AvgIpc) is 2.86. The highest BCUT2D eigenvalue weighted by Crippen LogP contribution is 2.29. The van der Waals surface area contributed by atoms with Gasteiger partial charge in [0.05, 0.1) is 5.69 Å². The summed E-state index contributed by atoms with van der Waals surface area (Å²) in [6.07, 6.45) is 9.11. The zero-order chi connectivity index (χ0) is 18.8. The van der Waals surface area contributed by atoms with E-state index in [1.54, 1.807) is 0 Å². The molecular weight excluding hydrogens is 358 g/mol. The highest BCUT2D eigenvalue weighted by atomic mass is 35.5. The fraction of sp³-hybridized carbons (Fsp3) is 0.545. The third kappa shape index (κ3) is 3.91. The van der Waals surface area contributed by atoms with E-state index in [0.717, 1.165) is 49.3 Å². The average molecular weight is 386 g/mol. The Hall–Kier alpha value is -1.81. The second-order valence-electron chi connectivity index (χ2n) is 8.04. The molecular formula is C22H28ClN3O. The van der Waals surface area contributed by atoms with Gasteiger partial charge in [-0.25, -0.2) is 4.98 Å². The lowest BCUT2D eigenvalue weighted by molar-refractivity contribution is 0.0904. The van der Waals surface area contributed by atoms with Crippen LogP contribution in [0.2, 0.25) is 5.02 Å². The van der Waals surface area contributed by atoms with Crippen LogP contribution in [-0.2, 0) is 13.0 Å². The molecule has 2 heterocycles. The summed E-state index contributed by atoms with van der Waals surface area (Å²) in [5, 5.41) is 4.01. The molecule has 1 aliphatic carbocycles. The van der Waals surface area contributed by atoms with E-state index >= 15 is 0 Å². The Balaban J connectivity index is 1.67. The Morgan fingerprint density at radius 2 is 1.89 bits per heavy atom. The number of carbonyl (C=O) groups excluding carboxylic acids is 1. The zero-order valence-electron chi connectivity index (χ0n) is 16.0. The third-order valence-corrected chi connectivity index (χ3v) is 6.37. The summed E-state index contributed by atoms with van der Waals surface area (Å²) in [5.41, 5.74) is 2.74. The van der Waals surface area contributed by atoms with Gasteiger partial charge in [0.25, 0.3) is 5.91 Å². The molecule has 2 atom stereocenters. The molecule has 4 rings (SSSR count). The SMILES string of the molecule is CC1CCCCC1NC(=O)c1nc(-c2ccc(Cl)cc2)n2c1CCCCC2. The minimum atomic E-state index is -0.000358. The monoisotopic (exact) mass is 385 g/mol. The lowest BCUT2D eigenvalue weighted by atomic mass is 9.86. The Kier molecular flexibility index (Phi) is 5.53. The van der Waals surface area contributed by atoms with Crippen molar-refractivity contribution in [2.45, 2.75) is 70.9 Å². The molecule has 2 aliphatic rings. The molecule has 2 aromatic rings. The number of fused-ring (bicyclic) bond motifs is 1. The fourth-order valence-electron chi connectivity index (χ4n) is 4.49. The van der Waals surface area contributed by atoms with Crippen molar-refractivity contribution in [2.75, 3.05) is 0 Å². The van der Waals surface area contributed by atoms with Crippen molar-refractivity contribution >= 4 is 17.5 Å². The van der Waals surface area contributed by atoms with Gasteiger partial charge in [-0.2, -0.15) is 0 Å². The maximum Gasteiger partial charge on any atom is 0.272 e. The van der Waals surface area contributed by atoms with Crippen LogP contribution in [0, 0.1) is 5.92 Å². The number of carbonyl (C=O) groups is 1. The first-order chi connectivity index (χ1) is 13.1. The minimum absolute atomic E-state index is 0.000358. The molecule has 0 bridgehead atoms. The maximum atomic E-state index is 13.1. The van der Waals surface area contributed by atoms with Crippen molar-refractivity contribution in [3.05, 3.63) is 40.7 Å². The van der Waals surface area contributed by atoms with E-state index in [-0.39, 0.29) is 11.9 Å². The molecule has 0 spiro atoms. The van der Waals surface area contributed by atoms with Crippen LogP contribution in [0.4, 0.5) is 0 Å². The summed E-state index contributed by atoms with van der Waals surface area (Å²) >= 11 is 6.06. The number of nitrogens with zero attached hydrogens (tertiary/aromatic N) is 2. The first-order valence-electron chi connectivity index (χ1n) is 10.3. The maximum absolute atomic E-state index is 13.1. The molecule has 5 heteroatoms. The van der Waals surface area contributed by atoms with E-state index < -0.39 is 0 Å².